The zero-order chi connectivity index (χ0) is 18.4. The van der Waals surface area contributed by atoms with Crippen LogP contribution in [-0.2, 0) is 6.54 Å². The molecule has 0 saturated carbocycles. The van der Waals surface area contributed by atoms with Gasteiger partial charge in [-0.1, -0.05) is 42.5 Å². The lowest BCUT2D eigenvalue weighted by Gasteiger charge is -2.13. The Bertz CT molecular complexity index is 923. The van der Waals surface area contributed by atoms with Crippen molar-refractivity contribution in [2.24, 2.45) is 0 Å². The molecule has 0 radical (unpaired) electrons. The number of anilines is 2. The van der Waals surface area contributed by atoms with Gasteiger partial charge in [-0.05, 0) is 29.7 Å². The van der Waals surface area contributed by atoms with Crippen LogP contribution in [0.2, 0.25) is 0 Å². The number of aliphatic hydroxyl groups is 1. The van der Waals surface area contributed by atoms with E-state index in [1.165, 1.54) is 6.07 Å². The van der Waals surface area contributed by atoms with E-state index in [9.17, 15) is 4.79 Å². The summed E-state index contributed by atoms with van der Waals surface area (Å²) in [6.07, 6.45) is 0. The monoisotopic (exact) mass is 350 g/mol. The molecule has 0 aliphatic carbocycles. The van der Waals surface area contributed by atoms with Crippen LogP contribution >= 0.6 is 0 Å². The van der Waals surface area contributed by atoms with Gasteiger partial charge in [-0.15, -0.1) is 0 Å². The van der Waals surface area contributed by atoms with E-state index in [1.807, 2.05) is 37.3 Å². The molecule has 134 valence electrons. The molecule has 3 aromatic rings. The molecule has 26 heavy (non-hydrogen) atoms. The molecular formula is C20H22N4O2. The third-order valence-corrected chi connectivity index (χ3v) is 4.06. The first-order chi connectivity index (χ1) is 12.7. The van der Waals surface area contributed by atoms with Gasteiger partial charge in [0, 0.05) is 24.8 Å². The first kappa shape index (κ1) is 17.8. The van der Waals surface area contributed by atoms with E-state index < -0.39 is 0 Å². The Hall–Kier alpha value is -2.96. The Kier molecular flexibility index (Phi) is 5.78. The Morgan fingerprint density at radius 2 is 1.92 bits per heavy atom. The molecule has 0 bridgehead atoms. The fourth-order valence-corrected chi connectivity index (χ4v) is 2.78. The first-order valence-electron chi connectivity index (χ1n) is 8.51. The van der Waals surface area contributed by atoms with E-state index in [1.54, 1.807) is 0 Å². The summed E-state index contributed by atoms with van der Waals surface area (Å²) < 4.78 is 0. The lowest BCUT2D eigenvalue weighted by Crippen LogP contribution is -2.21. The fourth-order valence-electron chi connectivity index (χ4n) is 2.78. The van der Waals surface area contributed by atoms with Gasteiger partial charge in [0.25, 0.3) is 5.56 Å². The summed E-state index contributed by atoms with van der Waals surface area (Å²) in [6.45, 7) is 2.95. The third-order valence-electron chi connectivity index (χ3n) is 4.06. The minimum Gasteiger partial charge on any atom is -0.395 e. The molecule has 0 unspecified atom stereocenters. The first-order valence-corrected chi connectivity index (χ1v) is 8.51. The van der Waals surface area contributed by atoms with Crippen LogP contribution in [-0.4, -0.2) is 28.2 Å². The van der Waals surface area contributed by atoms with Crippen LogP contribution in [0.1, 0.15) is 11.3 Å². The highest BCUT2D eigenvalue weighted by Crippen LogP contribution is 2.29. The van der Waals surface area contributed by atoms with Crippen molar-refractivity contribution in [1.29, 1.82) is 0 Å². The highest BCUT2D eigenvalue weighted by molar-refractivity contribution is 5.75. The lowest BCUT2D eigenvalue weighted by molar-refractivity contribution is 0.291. The molecule has 0 aliphatic heterocycles. The summed E-state index contributed by atoms with van der Waals surface area (Å²) in [7, 11) is 0. The molecule has 6 nitrogen and oxygen atoms in total. The highest BCUT2D eigenvalue weighted by atomic mass is 16.3. The minimum atomic E-state index is -0.222. The maximum absolute atomic E-state index is 11.9. The van der Waals surface area contributed by atoms with Crippen molar-refractivity contribution in [2.75, 3.05) is 18.5 Å². The average molecular weight is 350 g/mol. The zero-order valence-electron chi connectivity index (χ0n) is 14.6. The van der Waals surface area contributed by atoms with Crippen molar-refractivity contribution in [1.82, 2.24) is 15.3 Å². The number of benzene rings is 2. The number of nitrogens with zero attached hydrogens (tertiary/aromatic N) is 1. The second kappa shape index (κ2) is 8.42. The molecule has 0 amide bonds. The van der Waals surface area contributed by atoms with Crippen LogP contribution in [0.15, 0.2) is 59.4 Å². The molecular weight excluding hydrogens is 328 g/mol. The van der Waals surface area contributed by atoms with Crippen molar-refractivity contribution >= 4 is 11.6 Å². The minimum absolute atomic E-state index is 0.0414. The van der Waals surface area contributed by atoms with Crippen molar-refractivity contribution in [3.63, 3.8) is 0 Å². The van der Waals surface area contributed by atoms with Gasteiger partial charge in [-0.25, -0.2) is 4.98 Å². The number of hydrogen-bond donors (Lipinski definition) is 4. The molecule has 2 aromatic carbocycles. The average Bonchev–Trinajstić information content (AvgIpc) is 2.64. The smallest absolute Gasteiger partial charge is 0.252 e. The van der Waals surface area contributed by atoms with E-state index >= 15 is 0 Å². The van der Waals surface area contributed by atoms with Crippen LogP contribution < -0.4 is 16.2 Å². The van der Waals surface area contributed by atoms with Crippen molar-refractivity contribution in [3.8, 4) is 11.1 Å². The van der Waals surface area contributed by atoms with Gasteiger partial charge in [-0.3, -0.25) is 9.78 Å². The quantitative estimate of drug-likeness (QED) is 0.492. The molecule has 4 N–H and O–H groups in total. The van der Waals surface area contributed by atoms with Gasteiger partial charge in [0.2, 0.25) is 5.95 Å². The largest absolute Gasteiger partial charge is 0.395 e. The van der Waals surface area contributed by atoms with E-state index in [0.29, 0.717) is 24.7 Å². The molecule has 0 aliphatic rings. The summed E-state index contributed by atoms with van der Waals surface area (Å²) in [4.78, 5) is 19.0. The molecule has 1 aromatic heterocycles. The second-order valence-electron chi connectivity index (χ2n) is 5.95. The van der Waals surface area contributed by atoms with Crippen molar-refractivity contribution < 1.29 is 5.11 Å². The zero-order valence-corrected chi connectivity index (χ0v) is 14.6. The van der Waals surface area contributed by atoms with Crippen molar-refractivity contribution in [3.05, 3.63) is 76.2 Å². The topological polar surface area (TPSA) is 90.0 Å². The number of H-pyrrole nitrogens is 1. The van der Waals surface area contributed by atoms with Crippen LogP contribution in [0.3, 0.4) is 0 Å². The summed E-state index contributed by atoms with van der Waals surface area (Å²) >= 11 is 0. The Morgan fingerprint density at radius 3 is 2.69 bits per heavy atom. The SMILES string of the molecule is Cc1c(Nc2nc(CNCCO)cc(=O)[nH]2)cccc1-c1ccccc1. The van der Waals surface area contributed by atoms with E-state index in [-0.39, 0.29) is 12.2 Å². The van der Waals surface area contributed by atoms with Gasteiger partial charge in [-0.2, -0.15) is 0 Å². The van der Waals surface area contributed by atoms with Crippen molar-refractivity contribution in [2.45, 2.75) is 13.5 Å². The highest BCUT2D eigenvalue weighted by Gasteiger charge is 2.08. The summed E-state index contributed by atoms with van der Waals surface area (Å²) in [6, 6.07) is 17.6. The molecule has 3 rings (SSSR count). The third kappa shape index (κ3) is 4.36. The molecule has 0 saturated heterocycles. The van der Waals surface area contributed by atoms with E-state index in [0.717, 1.165) is 22.4 Å². The summed E-state index contributed by atoms with van der Waals surface area (Å²) in [5.74, 6) is 0.395. The van der Waals surface area contributed by atoms with Gasteiger partial charge < -0.3 is 15.7 Å². The predicted octanol–water partition coefficient (Wildman–Crippen LogP) is 2.57. The predicted molar refractivity (Wildman–Crippen MR) is 104 cm³/mol. The molecule has 0 spiro atoms. The standard InChI is InChI=1S/C20H22N4O2/c1-14-17(15-6-3-2-4-7-15)8-5-9-18(14)23-20-22-16(12-19(26)24-20)13-21-10-11-25/h2-9,12,21,25H,10-11,13H2,1H3,(H2,22,23,24,26). The van der Waals surface area contributed by atoms with Crippen LogP contribution in [0.4, 0.5) is 11.6 Å². The molecule has 0 atom stereocenters. The molecule has 6 heteroatoms. The lowest BCUT2D eigenvalue weighted by atomic mass is 9.99. The van der Waals surface area contributed by atoms with Gasteiger partial charge >= 0.3 is 0 Å². The van der Waals surface area contributed by atoms with E-state index in [2.05, 4.69) is 38.8 Å². The number of rotatable bonds is 7. The maximum atomic E-state index is 11.9. The maximum Gasteiger partial charge on any atom is 0.252 e. The molecule has 0 fully saturated rings. The van der Waals surface area contributed by atoms with Crippen LogP contribution in [0.25, 0.3) is 11.1 Å². The fraction of sp³-hybridized carbons (Fsp3) is 0.200. The number of aromatic nitrogens is 2. The van der Waals surface area contributed by atoms with Gasteiger partial charge in [0.15, 0.2) is 0 Å². The Morgan fingerprint density at radius 1 is 1.12 bits per heavy atom. The normalized spacial score (nSPS) is 10.7. The number of nitrogens with one attached hydrogen (secondary N) is 3. The van der Waals surface area contributed by atoms with Crippen LogP contribution in [0.5, 0.6) is 0 Å². The Balaban J connectivity index is 1.86. The summed E-state index contributed by atoms with van der Waals surface area (Å²) in [5.41, 5.74) is 4.61. The van der Waals surface area contributed by atoms with Crippen LogP contribution in [0, 0.1) is 6.92 Å². The number of hydrogen-bond acceptors (Lipinski definition) is 5. The summed E-state index contributed by atoms with van der Waals surface area (Å²) in [5, 5.41) is 15.1. The number of aliphatic hydroxyl groups excluding tert-OH is 1. The molecule has 1 heterocycles. The second-order valence-corrected chi connectivity index (χ2v) is 5.95. The number of aromatic amines is 1. The Labute approximate surface area is 152 Å². The van der Waals surface area contributed by atoms with Gasteiger partial charge in [0.05, 0.1) is 12.3 Å². The van der Waals surface area contributed by atoms with Gasteiger partial charge in [0.1, 0.15) is 0 Å². The van der Waals surface area contributed by atoms with E-state index in [4.69, 9.17) is 5.11 Å².